The van der Waals surface area contributed by atoms with Gasteiger partial charge in [0.1, 0.15) is 0 Å². The van der Waals surface area contributed by atoms with Crippen LogP contribution in [0.15, 0.2) is 6.07 Å². The molecule has 1 aliphatic heterocycles. The van der Waals surface area contributed by atoms with Gasteiger partial charge in [-0.1, -0.05) is 0 Å². The number of thiophene rings is 1. The molecule has 3 rings (SSSR count). The molecule has 0 radical (unpaired) electrons. The van der Waals surface area contributed by atoms with E-state index in [1.165, 1.54) is 51.4 Å². The van der Waals surface area contributed by atoms with Crippen LogP contribution in [0.5, 0.6) is 0 Å². The molecule has 2 heterocycles. The van der Waals surface area contributed by atoms with E-state index in [4.69, 9.17) is 4.74 Å². The van der Waals surface area contributed by atoms with Crippen molar-refractivity contribution in [1.82, 2.24) is 5.32 Å². The Kier molecular flexibility index (Phi) is 4.57. The Hall–Kier alpha value is -0.380. The standard InChI is InChI=1S/C16H25NOS/c1-17-14(8-3-6-13-7-4-10-18-13)16-11-12-5-2-9-15(12)19-16/h11,13-14,17H,2-10H2,1H3. The molecular formula is C16H25NOS. The molecule has 0 bridgehead atoms. The third-order valence-corrected chi connectivity index (χ3v) is 5.85. The molecule has 2 atom stereocenters. The minimum atomic E-state index is 0.547. The molecule has 1 aliphatic carbocycles. The topological polar surface area (TPSA) is 21.3 Å². The fourth-order valence-electron chi connectivity index (χ4n) is 3.37. The molecule has 3 heteroatoms. The zero-order valence-corrected chi connectivity index (χ0v) is 12.7. The summed E-state index contributed by atoms with van der Waals surface area (Å²) in [5.74, 6) is 0. The van der Waals surface area contributed by atoms with Gasteiger partial charge < -0.3 is 10.1 Å². The van der Waals surface area contributed by atoms with Gasteiger partial charge in [0.2, 0.25) is 0 Å². The smallest absolute Gasteiger partial charge is 0.0576 e. The molecule has 0 amide bonds. The summed E-state index contributed by atoms with van der Waals surface area (Å²) in [5, 5.41) is 3.50. The van der Waals surface area contributed by atoms with Crippen LogP contribution in [0.3, 0.4) is 0 Å². The average Bonchev–Trinajstić information content (AvgIpc) is 3.10. The number of fused-ring (bicyclic) bond motifs is 1. The van der Waals surface area contributed by atoms with Crippen molar-refractivity contribution in [2.24, 2.45) is 0 Å². The first-order valence-electron chi connectivity index (χ1n) is 7.77. The summed E-state index contributed by atoms with van der Waals surface area (Å²) in [7, 11) is 2.10. The largest absolute Gasteiger partial charge is 0.378 e. The first-order chi connectivity index (χ1) is 9.36. The molecule has 1 fully saturated rings. The van der Waals surface area contributed by atoms with Gasteiger partial charge in [-0.25, -0.2) is 0 Å². The first-order valence-corrected chi connectivity index (χ1v) is 8.59. The fourth-order valence-corrected chi connectivity index (χ4v) is 4.78. The predicted octanol–water partition coefficient (Wildman–Crippen LogP) is 3.85. The highest BCUT2D eigenvalue weighted by atomic mass is 32.1. The van der Waals surface area contributed by atoms with Crippen molar-refractivity contribution < 1.29 is 4.74 Å². The number of ether oxygens (including phenoxy) is 1. The molecule has 0 spiro atoms. The Balaban J connectivity index is 1.51. The molecule has 0 saturated carbocycles. The summed E-state index contributed by atoms with van der Waals surface area (Å²) in [4.78, 5) is 3.20. The van der Waals surface area contributed by atoms with Gasteiger partial charge in [0, 0.05) is 22.4 Å². The van der Waals surface area contributed by atoms with E-state index in [9.17, 15) is 0 Å². The molecule has 2 nitrogen and oxygen atoms in total. The SMILES string of the molecule is CNC(CCCC1CCCO1)c1cc2c(s1)CCC2. The van der Waals surface area contributed by atoms with E-state index in [1.807, 2.05) is 11.3 Å². The van der Waals surface area contributed by atoms with E-state index in [2.05, 4.69) is 18.4 Å². The predicted molar refractivity (Wildman–Crippen MR) is 81.0 cm³/mol. The van der Waals surface area contributed by atoms with Crippen molar-refractivity contribution in [2.75, 3.05) is 13.7 Å². The van der Waals surface area contributed by atoms with Gasteiger partial charge in [-0.05, 0) is 70.0 Å². The van der Waals surface area contributed by atoms with Crippen LogP contribution in [-0.4, -0.2) is 19.8 Å². The van der Waals surface area contributed by atoms with Gasteiger partial charge in [0.05, 0.1) is 6.10 Å². The van der Waals surface area contributed by atoms with E-state index in [0.717, 1.165) is 6.61 Å². The van der Waals surface area contributed by atoms with E-state index in [1.54, 1.807) is 15.3 Å². The Bertz CT molecular complexity index is 387. The highest BCUT2D eigenvalue weighted by Gasteiger charge is 2.20. The third-order valence-electron chi connectivity index (χ3n) is 4.50. The molecule has 1 aromatic heterocycles. The van der Waals surface area contributed by atoms with Gasteiger partial charge in [-0.15, -0.1) is 11.3 Å². The second kappa shape index (κ2) is 6.38. The molecule has 1 aromatic rings. The summed E-state index contributed by atoms with van der Waals surface area (Å²) in [6.45, 7) is 0.984. The zero-order chi connectivity index (χ0) is 13.1. The van der Waals surface area contributed by atoms with Gasteiger partial charge >= 0.3 is 0 Å². The minimum Gasteiger partial charge on any atom is -0.378 e. The van der Waals surface area contributed by atoms with Crippen LogP contribution >= 0.6 is 11.3 Å². The summed E-state index contributed by atoms with van der Waals surface area (Å²) in [6.07, 6.45) is 10.8. The molecule has 2 aliphatic rings. The quantitative estimate of drug-likeness (QED) is 0.854. The maximum atomic E-state index is 5.71. The first kappa shape index (κ1) is 13.6. The van der Waals surface area contributed by atoms with Crippen molar-refractivity contribution in [3.05, 3.63) is 21.4 Å². The van der Waals surface area contributed by atoms with Crippen LogP contribution in [0.1, 0.15) is 59.9 Å². The maximum Gasteiger partial charge on any atom is 0.0576 e. The van der Waals surface area contributed by atoms with Gasteiger partial charge in [-0.2, -0.15) is 0 Å². The highest BCUT2D eigenvalue weighted by molar-refractivity contribution is 7.12. The number of hydrogen-bond acceptors (Lipinski definition) is 3. The van der Waals surface area contributed by atoms with Crippen molar-refractivity contribution in [3.63, 3.8) is 0 Å². The van der Waals surface area contributed by atoms with Crippen molar-refractivity contribution in [1.29, 1.82) is 0 Å². The molecule has 1 saturated heterocycles. The Labute approximate surface area is 120 Å². The second-order valence-electron chi connectivity index (χ2n) is 5.86. The number of aryl methyl sites for hydroxylation is 2. The zero-order valence-electron chi connectivity index (χ0n) is 11.9. The van der Waals surface area contributed by atoms with Crippen molar-refractivity contribution in [2.45, 2.75) is 63.5 Å². The van der Waals surface area contributed by atoms with Gasteiger partial charge in [0.25, 0.3) is 0 Å². The van der Waals surface area contributed by atoms with Gasteiger partial charge in [0.15, 0.2) is 0 Å². The summed E-state index contributed by atoms with van der Waals surface area (Å²) < 4.78 is 5.71. The number of nitrogens with one attached hydrogen (secondary N) is 1. The monoisotopic (exact) mass is 279 g/mol. The second-order valence-corrected chi connectivity index (χ2v) is 7.03. The lowest BCUT2D eigenvalue weighted by Gasteiger charge is -2.16. The molecule has 1 N–H and O–H groups in total. The maximum absolute atomic E-state index is 5.71. The Morgan fingerprint density at radius 2 is 2.37 bits per heavy atom. The van der Waals surface area contributed by atoms with Crippen LogP contribution in [0, 0.1) is 0 Å². The van der Waals surface area contributed by atoms with Crippen LogP contribution in [0.4, 0.5) is 0 Å². The lowest BCUT2D eigenvalue weighted by atomic mass is 10.0. The van der Waals surface area contributed by atoms with E-state index in [-0.39, 0.29) is 0 Å². The van der Waals surface area contributed by atoms with Crippen LogP contribution in [0.25, 0.3) is 0 Å². The van der Waals surface area contributed by atoms with E-state index in [0.29, 0.717) is 12.1 Å². The van der Waals surface area contributed by atoms with Crippen LogP contribution < -0.4 is 5.32 Å². The van der Waals surface area contributed by atoms with Crippen LogP contribution in [-0.2, 0) is 17.6 Å². The van der Waals surface area contributed by atoms with Crippen molar-refractivity contribution >= 4 is 11.3 Å². The molecule has 19 heavy (non-hydrogen) atoms. The van der Waals surface area contributed by atoms with Crippen LogP contribution in [0.2, 0.25) is 0 Å². The van der Waals surface area contributed by atoms with Gasteiger partial charge in [-0.3, -0.25) is 0 Å². The summed E-state index contributed by atoms with van der Waals surface area (Å²) >= 11 is 2.04. The summed E-state index contributed by atoms with van der Waals surface area (Å²) in [5.41, 5.74) is 1.62. The van der Waals surface area contributed by atoms with Crippen molar-refractivity contribution in [3.8, 4) is 0 Å². The molecule has 106 valence electrons. The fraction of sp³-hybridized carbons (Fsp3) is 0.750. The number of rotatable bonds is 6. The molecule has 0 aromatic carbocycles. The highest BCUT2D eigenvalue weighted by Crippen LogP contribution is 2.35. The van der Waals surface area contributed by atoms with E-state index >= 15 is 0 Å². The Morgan fingerprint density at radius 3 is 3.11 bits per heavy atom. The molecular weight excluding hydrogens is 254 g/mol. The summed E-state index contributed by atoms with van der Waals surface area (Å²) in [6, 6.07) is 3.01. The normalized spacial score (nSPS) is 23.7. The number of hydrogen-bond donors (Lipinski definition) is 1. The average molecular weight is 279 g/mol. The minimum absolute atomic E-state index is 0.547. The van der Waals surface area contributed by atoms with E-state index < -0.39 is 0 Å². The Morgan fingerprint density at radius 1 is 1.42 bits per heavy atom. The third kappa shape index (κ3) is 3.21. The lowest BCUT2D eigenvalue weighted by molar-refractivity contribution is 0.101. The molecule has 2 unspecified atom stereocenters. The lowest BCUT2D eigenvalue weighted by Crippen LogP contribution is -2.16.